The summed E-state index contributed by atoms with van der Waals surface area (Å²) < 4.78 is 0. The van der Waals surface area contributed by atoms with Crippen LogP contribution in [0.25, 0.3) is 34.2 Å². The molecule has 0 bridgehead atoms. The number of hydrogen-bond acceptors (Lipinski definition) is 5. The summed E-state index contributed by atoms with van der Waals surface area (Å²) in [4.78, 5) is 13.9. The first-order valence-electron chi connectivity index (χ1n) is 8.62. The summed E-state index contributed by atoms with van der Waals surface area (Å²) in [5, 5.41) is 19.9. The maximum absolute atomic E-state index is 9.56. The zero-order chi connectivity index (χ0) is 19.5. The number of phenols is 2. The molecule has 0 amide bonds. The normalized spacial score (nSPS) is 10.8. The van der Waals surface area contributed by atoms with Gasteiger partial charge in [0, 0.05) is 22.0 Å². The SMILES string of the molecule is Oc1ccc(-c2nc(-c3ccc(O)cc3)nc(-c3ccc(CBr)cc3)n2)cc1. The molecule has 4 rings (SSSR count). The van der Waals surface area contributed by atoms with Gasteiger partial charge in [0.05, 0.1) is 0 Å². The molecule has 0 aliphatic rings. The molecule has 3 aromatic carbocycles. The van der Waals surface area contributed by atoms with Gasteiger partial charge in [-0.3, -0.25) is 0 Å². The van der Waals surface area contributed by atoms with Crippen LogP contribution in [0.4, 0.5) is 0 Å². The lowest BCUT2D eigenvalue weighted by atomic mass is 10.1. The molecule has 0 radical (unpaired) electrons. The summed E-state index contributed by atoms with van der Waals surface area (Å²) in [6, 6.07) is 21.5. The van der Waals surface area contributed by atoms with E-state index < -0.39 is 0 Å². The van der Waals surface area contributed by atoms with Crippen LogP contribution in [0.15, 0.2) is 72.8 Å². The van der Waals surface area contributed by atoms with Crippen LogP contribution in [-0.2, 0) is 5.33 Å². The Bertz CT molecular complexity index is 1030. The molecule has 5 nitrogen and oxygen atoms in total. The van der Waals surface area contributed by atoms with E-state index in [2.05, 4.69) is 30.9 Å². The van der Waals surface area contributed by atoms with Gasteiger partial charge in [0.25, 0.3) is 0 Å². The molecule has 2 N–H and O–H groups in total. The lowest BCUT2D eigenvalue weighted by molar-refractivity contribution is 0.475. The molecule has 138 valence electrons. The number of nitrogens with zero attached hydrogens (tertiary/aromatic N) is 3. The minimum absolute atomic E-state index is 0.183. The molecule has 1 aromatic heterocycles. The summed E-state index contributed by atoms with van der Waals surface area (Å²) in [6.07, 6.45) is 0. The van der Waals surface area contributed by atoms with Crippen molar-refractivity contribution in [2.45, 2.75) is 5.33 Å². The first-order chi connectivity index (χ1) is 13.6. The molecule has 6 heteroatoms. The van der Waals surface area contributed by atoms with Gasteiger partial charge in [0.1, 0.15) is 11.5 Å². The lowest BCUT2D eigenvalue weighted by Gasteiger charge is -2.09. The van der Waals surface area contributed by atoms with Crippen molar-refractivity contribution in [1.29, 1.82) is 0 Å². The van der Waals surface area contributed by atoms with Crippen molar-refractivity contribution in [3.63, 3.8) is 0 Å². The van der Waals surface area contributed by atoms with Gasteiger partial charge in [0.2, 0.25) is 0 Å². The third-order valence-corrected chi connectivity index (χ3v) is 4.90. The zero-order valence-electron chi connectivity index (χ0n) is 14.7. The summed E-state index contributed by atoms with van der Waals surface area (Å²) in [5.41, 5.74) is 3.60. The Balaban J connectivity index is 1.86. The summed E-state index contributed by atoms with van der Waals surface area (Å²) in [6.45, 7) is 0. The van der Waals surface area contributed by atoms with E-state index in [1.807, 2.05) is 24.3 Å². The molecular formula is C22H16BrN3O2. The summed E-state index contributed by atoms with van der Waals surface area (Å²) >= 11 is 3.45. The van der Waals surface area contributed by atoms with Gasteiger partial charge in [-0.05, 0) is 54.1 Å². The number of alkyl halides is 1. The van der Waals surface area contributed by atoms with E-state index in [1.165, 1.54) is 0 Å². The van der Waals surface area contributed by atoms with E-state index in [0.29, 0.717) is 17.5 Å². The number of rotatable bonds is 4. The third kappa shape index (κ3) is 3.87. The fourth-order valence-corrected chi connectivity index (χ4v) is 3.10. The van der Waals surface area contributed by atoms with E-state index in [0.717, 1.165) is 27.6 Å². The zero-order valence-corrected chi connectivity index (χ0v) is 16.3. The molecule has 28 heavy (non-hydrogen) atoms. The van der Waals surface area contributed by atoms with Crippen LogP contribution < -0.4 is 0 Å². The highest BCUT2D eigenvalue weighted by atomic mass is 79.9. The van der Waals surface area contributed by atoms with Gasteiger partial charge in [-0.1, -0.05) is 40.2 Å². The monoisotopic (exact) mass is 433 g/mol. The van der Waals surface area contributed by atoms with Gasteiger partial charge in [0.15, 0.2) is 17.5 Å². The van der Waals surface area contributed by atoms with Crippen LogP contribution in [-0.4, -0.2) is 25.2 Å². The summed E-state index contributed by atoms with van der Waals surface area (Å²) in [5.74, 6) is 1.95. The topological polar surface area (TPSA) is 79.1 Å². The highest BCUT2D eigenvalue weighted by Crippen LogP contribution is 2.26. The molecule has 1 heterocycles. The molecule has 0 spiro atoms. The van der Waals surface area contributed by atoms with Crippen LogP contribution in [0, 0.1) is 0 Å². The molecule has 0 saturated heterocycles. The Hall–Kier alpha value is -3.25. The Kier molecular flexibility index (Phi) is 5.04. The van der Waals surface area contributed by atoms with Crippen LogP contribution in [0.2, 0.25) is 0 Å². The minimum Gasteiger partial charge on any atom is -0.508 e. The highest BCUT2D eigenvalue weighted by Gasteiger charge is 2.12. The third-order valence-electron chi connectivity index (χ3n) is 4.25. The van der Waals surface area contributed by atoms with Crippen molar-refractivity contribution in [1.82, 2.24) is 15.0 Å². The van der Waals surface area contributed by atoms with Crippen molar-refractivity contribution >= 4 is 15.9 Å². The molecule has 0 atom stereocenters. The molecule has 0 aliphatic carbocycles. The molecular weight excluding hydrogens is 418 g/mol. The van der Waals surface area contributed by atoms with Crippen LogP contribution in [0.5, 0.6) is 11.5 Å². The number of aromatic hydroxyl groups is 2. The fourth-order valence-electron chi connectivity index (χ4n) is 2.73. The number of halogens is 1. The van der Waals surface area contributed by atoms with Gasteiger partial charge < -0.3 is 10.2 Å². The average molecular weight is 434 g/mol. The number of phenolic OH excluding ortho intramolecular Hbond substituents is 2. The largest absolute Gasteiger partial charge is 0.508 e. The summed E-state index contributed by atoms with van der Waals surface area (Å²) in [7, 11) is 0. The maximum Gasteiger partial charge on any atom is 0.164 e. The predicted octanol–water partition coefficient (Wildman–Crippen LogP) is 5.18. The van der Waals surface area contributed by atoms with E-state index in [1.54, 1.807) is 48.5 Å². The van der Waals surface area contributed by atoms with Crippen molar-refractivity contribution in [2.24, 2.45) is 0 Å². The standard InChI is InChI=1S/C22H16BrN3O2/c23-13-14-1-3-15(4-2-14)20-24-21(16-5-9-18(27)10-6-16)26-22(25-20)17-7-11-19(28)12-8-17/h1-12,27-28H,13H2. The van der Waals surface area contributed by atoms with Crippen molar-refractivity contribution < 1.29 is 10.2 Å². The maximum atomic E-state index is 9.56. The van der Waals surface area contributed by atoms with Gasteiger partial charge >= 0.3 is 0 Å². The van der Waals surface area contributed by atoms with E-state index in [4.69, 9.17) is 0 Å². The van der Waals surface area contributed by atoms with Crippen molar-refractivity contribution in [3.05, 3.63) is 78.4 Å². The van der Waals surface area contributed by atoms with E-state index in [-0.39, 0.29) is 11.5 Å². The van der Waals surface area contributed by atoms with E-state index >= 15 is 0 Å². The Morgan fingerprint density at radius 2 is 0.857 bits per heavy atom. The van der Waals surface area contributed by atoms with Gasteiger partial charge in [-0.2, -0.15) is 0 Å². The quantitative estimate of drug-likeness (QED) is 0.433. The Morgan fingerprint density at radius 3 is 1.18 bits per heavy atom. The molecule has 0 fully saturated rings. The highest BCUT2D eigenvalue weighted by molar-refractivity contribution is 9.08. The second-order valence-electron chi connectivity index (χ2n) is 6.23. The Morgan fingerprint density at radius 1 is 0.536 bits per heavy atom. The fraction of sp³-hybridized carbons (Fsp3) is 0.0455. The van der Waals surface area contributed by atoms with Crippen LogP contribution in [0.3, 0.4) is 0 Å². The van der Waals surface area contributed by atoms with Gasteiger partial charge in [-0.25, -0.2) is 15.0 Å². The predicted molar refractivity (Wildman–Crippen MR) is 112 cm³/mol. The van der Waals surface area contributed by atoms with Gasteiger partial charge in [-0.15, -0.1) is 0 Å². The smallest absolute Gasteiger partial charge is 0.164 e. The first kappa shape index (κ1) is 18.1. The minimum atomic E-state index is 0.183. The number of aromatic nitrogens is 3. The molecule has 0 saturated carbocycles. The molecule has 0 unspecified atom stereocenters. The molecule has 0 aliphatic heterocycles. The second-order valence-corrected chi connectivity index (χ2v) is 6.79. The van der Waals surface area contributed by atoms with Crippen molar-refractivity contribution in [3.8, 4) is 45.7 Å². The average Bonchev–Trinajstić information content (AvgIpc) is 2.74. The second kappa shape index (κ2) is 7.78. The Labute approximate surface area is 170 Å². The lowest BCUT2D eigenvalue weighted by Crippen LogP contribution is -2.00. The van der Waals surface area contributed by atoms with Crippen LogP contribution >= 0.6 is 15.9 Å². The number of hydrogen-bond donors (Lipinski definition) is 2. The van der Waals surface area contributed by atoms with Crippen LogP contribution in [0.1, 0.15) is 5.56 Å². The first-order valence-corrected chi connectivity index (χ1v) is 9.75. The number of benzene rings is 3. The van der Waals surface area contributed by atoms with Crippen molar-refractivity contribution in [2.75, 3.05) is 0 Å². The molecule has 4 aromatic rings. The van der Waals surface area contributed by atoms with E-state index in [9.17, 15) is 10.2 Å².